The Hall–Kier alpha value is -1.96. The van der Waals surface area contributed by atoms with Crippen LogP contribution in [0, 0.1) is 0 Å². The summed E-state index contributed by atoms with van der Waals surface area (Å²) in [5, 5.41) is 6.29. The zero-order chi connectivity index (χ0) is 28.3. The molecule has 2 aromatic carbocycles. The summed E-state index contributed by atoms with van der Waals surface area (Å²) in [6, 6.07) is 10.4. The van der Waals surface area contributed by atoms with E-state index in [4.69, 9.17) is 37.4 Å². The van der Waals surface area contributed by atoms with Crippen molar-refractivity contribution in [1.29, 1.82) is 0 Å². The maximum Gasteiger partial charge on any atom is 0.314 e. The van der Waals surface area contributed by atoms with E-state index in [0.29, 0.717) is 49.6 Å². The van der Waals surface area contributed by atoms with Crippen LogP contribution in [0.3, 0.4) is 0 Å². The molecular weight excluding hydrogens is 567 g/mol. The minimum absolute atomic E-state index is 0.0351. The van der Waals surface area contributed by atoms with Gasteiger partial charge in [0.15, 0.2) is 0 Å². The van der Waals surface area contributed by atoms with Crippen LogP contribution in [0.2, 0.25) is 10.0 Å². The smallest absolute Gasteiger partial charge is 0.314 e. The summed E-state index contributed by atoms with van der Waals surface area (Å²) in [5.41, 5.74) is 3.11. The van der Waals surface area contributed by atoms with Gasteiger partial charge in [0.1, 0.15) is 0 Å². The maximum absolute atomic E-state index is 12.7. The number of hydrogen-bond acceptors (Lipinski definition) is 7. The fourth-order valence-corrected chi connectivity index (χ4v) is 5.79. The van der Waals surface area contributed by atoms with E-state index in [9.17, 15) is 13.2 Å². The van der Waals surface area contributed by atoms with Crippen LogP contribution in [0.15, 0.2) is 41.3 Å². The first-order chi connectivity index (χ1) is 18.7. The fourth-order valence-electron chi connectivity index (χ4n) is 4.21. The SMILES string of the molecule is CNC(=O)NCCOCCOCCOCCNS(=O)(=O)c1ccc(C2CN(C)Cc3c(Cl)cc(Cl)cc32)cc1. The average Bonchev–Trinajstić information content (AvgIpc) is 2.91. The van der Waals surface area contributed by atoms with Gasteiger partial charge in [-0.2, -0.15) is 0 Å². The summed E-state index contributed by atoms with van der Waals surface area (Å²) < 4.78 is 44.2. The van der Waals surface area contributed by atoms with E-state index < -0.39 is 10.0 Å². The van der Waals surface area contributed by atoms with Gasteiger partial charge in [0.05, 0.1) is 44.5 Å². The predicted octanol–water partition coefficient (Wildman–Crippen LogP) is 2.83. The van der Waals surface area contributed by atoms with Crippen molar-refractivity contribution < 1.29 is 27.4 Å². The van der Waals surface area contributed by atoms with Crippen molar-refractivity contribution in [2.75, 3.05) is 73.4 Å². The van der Waals surface area contributed by atoms with E-state index >= 15 is 0 Å². The summed E-state index contributed by atoms with van der Waals surface area (Å²) in [6.45, 7) is 4.18. The number of benzene rings is 2. The monoisotopic (exact) mass is 602 g/mol. The highest BCUT2D eigenvalue weighted by atomic mass is 35.5. The third-order valence-corrected chi connectivity index (χ3v) is 8.16. The molecule has 0 aromatic heterocycles. The Bertz CT molecular complexity index is 1180. The number of likely N-dealkylation sites (N-methyl/N-ethyl adjacent to an activating group) is 1. The molecule has 1 unspecified atom stereocenters. The molecule has 1 aliphatic heterocycles. The van der Waals surface area contributed by atoms with E-state index in [2.05, 4.69) is 20.3 Å². The molecule has 0 saturated heterocycles. The number of fused-ring (bicyclic) bond motifs is 1. The molecule has 3 N–H and O–H groups in total. The van der Waals surface area contributed by atoms with Gasteiger partial charge in [-0.05, 0) is 48.0 Å². The summed E-state index contributed by atoms with van der Waals surface area (Å²) in [5.74, 6) is 0.0351. The maximum atomic E-state index is 12.7. The molecule has 39 heavy (non-hydrogen) atoms. The molecule has 10 nitrogen and oxygen atoms in total. The van der Waals surface area contributed by atoms with Gasteiger partial charge < -0.3 is 29.7 Å². The van der Waals surface area contributed by atoms with Crippen LogP contribution >= 0.6 is 23.2 Å². The number of amides is 2. The number of nitrogens with one attached hydrogen (secondary N) is 3. The predicted molar refractivity (Wildman–Crippen MR) is 151 cm³/mol. The van der Waals surface area contributed by atoms with Gasteiger partial charge in [0.2, 0.25) is 10.0 Å². The molecule has 0 saturated carbocycles. The van der Waals surface area contributed by atoms with Crippen LogP contribution in [0.4, 0.5) is 4.79 Å². The summed E-state index contributed by atoms with van der Waals surface area (Å²) in [7, 11) is -0.0953. The normalized spacial score (nSPS) is 15.6. The van der Waals surface area contributed by atoms with Gasteiger partial charge in [-0.3, -0.25) is 0 Å². The molecular formula is C26H36Cl2N4O6S. The van der Waals surface area contributed by atoms with Gasteiger partial charge in [-0.1, -0.05) is 35.3 Å². The van der Waals surface area contributed by atoms with Crippen LogP contribution in [-0.2, 0) is 30.8 Å². The Balaban J connectivity index is 1.36. The van der Waals surface area contributed by atoms with Crippen molar-refractivity contribution >= 4 is 39.3 Å². The topological polar surface area (TPSA) is 118 Å². The number of hydrogen-bond donors (Lipinski definition) is 3. The molecule has 0 bridgehead atoms. The first-order valence-corrected chi connectivity index (χ1v) is 14.9. The number of carbonyl (C=O) groups excluding carboxylic acids is 1. The minimum atomic E-state index is -3.67. The molecule has 216 valence electrons. The molecule has 0 radical (unpaired) electrons. The lowest BCUT2D eigenvalue weighted by Crippen LogP contribution is -2.35. The molecule has 3 rings (SSSR count). The molecule has 2 amide bonds. The van der Waals surface area contributed by atoms with Crippen molar-refractivity contribution in [3.8, 4) is 0 Å². The number of nitrogens with zero attached hydrogens (tertiary/aromatic N) is 1. The van der Waals surface area contributed by atoms with Crippen molar-refractivity contribution in [3.63, 3.8) is 0 Å². The van der Waals surface area contributed by atoms with E-state index in [-0.39, 0.29) is 30.0 Å². The van der Waals surface area contributed by atoms with Gasteiger partial charge in [0, 0.05) is 49.2 Å². The second-order valence-corrected chi connectivity index (χ2v) is 11.6. The van der Waals surface area contributed by atoms with Gasteiger partial charge >= 0.3 is 6.03 Å². The molecule has 0 spiro atoms. The zero-order valence-electron chi connectivity index (χ0n) is 22.2. The number of sulfonamides is 1. The summed E-state index contributed by atoms with van der Waals surface area (Å²) in [6.07, 6.45) is 0. The van der Waals surface area contributed by atoms with Crippen molar-refractivity contribution in [2.24, 2.45) is 0 Å². The second kappa shape index (κ2) is 15.7. The number of ether oxygens (including phenoxy) is 3. The average molecular weight is 604 g/mol. The van der Waals surface area contributed by atoms with Crippen molar-refractivity contribution in [3.05, 3.63) is 63.1 Å². The standard InChI is InChI=1S/C26H36Cl2N4O6S/c1-29-26(33)30-7-9-36-11-13-38-14-12-37-10-8-31-39(34,35)21-5-3-19(4-6-21)23-17-32(2)18-24-22(23)15-20(27)16-25(24)28/h3-6,15-16,23,31H,7-14,17-18H2,1-2H3,(H2,29,30,33). The quantitative estimate of drug-likeness (QED) is 0.268. The van der Waals surface area contributed by atoms with E-state index in [0.717, 1.165) is 29.8 Å². The number of carbonyl (C=O) groups is 1. The minimum Gasteiger partial charge on any atom is -0.378 e. The van der Waals surface area contributed by atoms with Gasteiger partial charge in [-0.25, -0.2) is 17.9 Å². The highest BCUT2D eigenvalue weighted by molar-refractivity contribution is 7.89. The highest BCUT2D eigenvalue weighted by Gasteiger charge is 2.27. The molecule has 1 atom stereocenters. The van der Waals surface area contributed by atoms with E-state index in [1.54, 1.807) is 25.2 Å². The van der Waals surface area contributed by atoms with Crippen LogP contribution in [0.25, 0.3) is 0 Å². The molecule has 1 aliphatic rings. The Morgan fingerprint density at radius 3 is 2.23 bits per heavy atom. The van der Waals surface area contributed by atoms with Crippen LogP contribution in [-0.4, -0.2) is 92.7 Å². The zero-order valence-corrected chi connectivity index (χ0v) is 24.5. The number of rotatable bonds is 15. The summed E-state index contributed by atoms with van der Waals surface area (Å²) >= 11 is 12.7. The molecule has 13 heteroatoms. The highest BCUT2D eigenvalue weighted by Crippen LogP contribution is 2.38. The Morgan fingerprint density at radius 2 is 1.59 bits per heavy atom. The Labute approximate surface area is 240 Å². The first kappa shape index (κ1) is 31.6. The van der Waals surface area contributed by atoms with Gasteiger partial charge in [0.25, 0.3) is 0 Å². The molecule has 1 heterocycles. The van der Waals surface area contributed by atoms with Crippen LogP contribution in [0.1, 0.15) is 22.6 Å². The Kier molecular flexibility index (Phi) is 12.7. The third kappa shape index (κ3) is 9.87. The number of urea groups is 1. The fraction of sp³-hybridized carbons (Fsp3) is 0.500. The second-order valence-electron chi connectivity index (χ2n) is 9.01. The lowest BCUT2D eigenvalue weighted by Gasteiger charge is -2.33. The van der Waals surface area contributed by atoms with Gasteiger partial charge in [-0.15, -0.1) is 0 Å². The third-order valence-electron chi connectivity index (χ3n) is 6.13. The lowest BCUT2D eigenvalue weighted by atomic mass is 9.85. The molecule has 0 aliphatic carbocycles. The van der Waals surface area contributed by atoms with Crippen molar-refractivity contribution in [1.82, 2.24) is 20.3 Å². The van der Waals surface area contributed by atoms with Crippen LogP contribution in [0.5, 0.6) is 0 Å². The Morgan fingerprint density at radius 1 is 0.974 bits per heavy atom. The van der Waals surface area contributed by atoms with Crippen LogP contribution < -0.4 is 15.4 Å². The first-order valence-electron chi connectivity index (χ1n) is 12.7. The molecule has 2 aromatic rings. The number of halogens is 2. The van der Waals surface area contributed by atoms with E-state index in [1.165, 1.54) is 0 Å². The lowest BCUT2D eigenvalue weighted by molar-refractivity contribution is 0.0165. The largest absolute Gasteiger partial charge is 0.378 e. The summed E-state index contributed by atoms with van der Waals surface area (Å²) in [4.78, 5) is 13.4. The van der Waals surface area contributed by atoms with Crippen molar-refractivity contribution in [2.45, 2.75) is 17.4 Å². The molecule has 0 fully saturated rings. The van der Waals surface area contributed by atoms with E-state index in [1.807, 2.05) is 25.2 Å².